The van der Waals surface area contributed by atoms with E-state index in [-0.39, 0.29) is 5.92 Å². The topological polar surface area (TPSA) is 17.1 Å². The standard InChI is InChI=1S/C16H20O/c1-13(15-9-5-6-10-16(15)17)11-12-14-7-3-2-4-8-14/h2-4,7-8,11-13,15H,5-6,9-10H2,1H3/b12-11+/t13-,15+/m0/s1. The van der Waals surface area contributed by atoms with E-state index in [4.69, 9.17) is 0 Å². The fraction of sp³-hybridized carbons (Fsp3) is 0.438. The highest BCUT2D eigenvalue weighted by molar-refractivity contribution is 5.82. The summed E-state index contributed by atoms with van der Waals surface area (Å²) in [4.78, 5) is 11.8. The average Bonchev–Trinajstić information content (AvgIpc) is 2.38. The molecule has 0 aliphatic heterocycles. The molecule has 1 aliphatic carbocycles. The van der Waals surface area contributed by atoms with E-state index in [2.05, 4.69) is 31.2 Å². The fourth-order valence-corrected chi connectivity index (χ4v) is 2.53. The van der Waals surface area contributed by atoms with Gasteiger partial charge in [-0.2, -0.15) is 0 Å². The molecule has 1 nitrogen and oxygen atoms in total. The first-order valence-corrected chi connectivity index (χ1v) is 6.53. The highest BCUT2D eigenvalue weighted by Gasteiger charge is 2.25. The van der Waals surface area contributed by atoms with Gasteiger partial charge < -0.3 is 0 Å². The maximum absolute atomic E-state index is 11.8. The minimum atomic E-state index is 0.253. The van der Waals surface area contributed by atoms with Gasteiger partial charge in [-0.3, -0.25) is 4.79 Å². The van der Waals surface area contributed by atoms with E-state index in [1.54, 1.807) is 0 Å². The molecule has 0 bridgehead atoms. The molecule has 1 aliphatic rings. The Morgan fingerprint density at radius 1 is 1.24 bits per heavy atom. The van der Waals surface area contributed by atoms with Gasteiger partial charge in [-0.05, 0) is 24.3 Å². The lowest BCUT2D eigenvalue weighted by Crippen LogP contribution is -2.24. The summed E-state index contributed by atoms with van der Waals surface area (Å²) in [5.41, 5.74) is 1.21. The van der Waals surface area contributed by atoms with Crippen LogP contribution in [0.1, 0.15) is 38.2 Å². The van der Waals surface area contributed by atoms with Crippen LogP contribution in [0.25, 0.3) is 6.08 Å². The molecule has 17 heavy (non-hydrogen) atoms. The van der Waals surface area contributed by atoms with Gasteiger partial charge in [0.25, 0.3) is 0 Å². The van der Waals surface area contributed by atoms with Crippen LogP contribution in [0.15, 0.2) is 36.4 Å². The molecule has 1 aromatic rings. The zero-order chi connectivity index (χ0) is 12.1. The summed E-state index contributed by atoms with van der Waals surface area (Å²) < 4.78 is 0. The third-order valence-electron chi connectivity index (χ3n) is 3.63. The molecule has 0 aromatic heterocycles. The monoisotopic (exact) mass is 228 g/mol. The second kappa shape index (κ2) is 5.81. The smallest absolute Gasteiger partial charge is 0.136 e. The molecular weight excluding hydrogens is 208 g/mol. The lowest BCUT2D eigenvalue weighted by Gasteiger charge is -2.24. The van der Waals surface area contributed by atoms with Crippen molar-refractivity contribution >= 4 is 11.9 Å². The quantitative estimate of drug-likeness (QED) is 0.761. The second-order valence-corrected chi connectivity index (χ2v) is 4.95. The lowest BCUT2D eigenvalue weighted by molar-refractivity contribution is -0.125. The molecule has 0 heterocycles. The van der Waals surface area contributed by atoms with Crippen molar-refractivity contribution in [2.24, 2.45) is 11.8 Å². The number of ketones is 1. The Morgan fingerprint density at radius 2 is 2.00 bits per heavy atom. The predicted octanol–water partition coefficient (Wildman–Crippen LogP) is 4.10. The Kier molecular flexibility index (Phi) is 4.13. The molecule has 1 saturated carbocycles. The van der Waals surface area contributed by atoms with Crippen LogP contribution in [0.4, 0.5) is 0 Å². The van der Waals surface area contributed by atoms with Gasteiger partial charge in [0.05, 0.1) is 0 Å². The van der Waals surface area contributed by atoms with Gasteiger partial charge in [0.1, 0.15) is 5.78 Å². The number of rotatable bonds is 3. The van der Waals surface area contributed by atoms with Gasteiger partial charge in [-0.25, -0.2) is 0 Å². The predicted molar refractivity (Wildman–Crippen MR) is 71.6 cm³/mol. The normalized spacial score (nSPS) is 22.9. The molecule has 1 heteroatoms. The molecule has 0 amide bonds. The minimum absolute atomic E-state index is 0.253. The number of benzene rings is 1. The Balaban J connectivity index is 1.98. The van der Waals surface area contributed by atoms with Crippen molar-refractivity contribution in [3.05, 3.63) is 42.0 Å². The molecule has 2 atom stereocenters. The van der Waals surface area contributed by atoms with Gasteiger partial charge in [0.2, 0.25) is 0 Å². The third-order valence-corrected chi connectivity index (χ3v) is 3.63. The van der Waals surface area contributed by atoms with Crippen LogP contribution in [-0.2, 0) is 4.79 Å². The molecule has 1 fully saturated rings. The molecule has 1 aromatic carbocycles. The maximum Gasteiger partial charge on any atom is 0.136 e. The fourth-order valence-electron chi connectivity index (χ4n) is 2.53. The van der Waals surface area contributed by atoms with Crippen LogP contribution in [0.3, 0.4) is 0 Å². The Bertz CT molecular complexity index is 391. The first-order valence-electron chi connectivity index (χ1n) is 6.53. The summed E-state index contributed by atoms with van der Waals surface area (Å²) >= 11 is 0. The number of carbonyl (C=O) groups excluding carboxylic acids is 1. The zero-order valence-electron chi connectivity index (χ0n) is 10.4. The van der Waals surface area contributed by atoms with Crippen LogP contribution < -0.4 is 0 Å². The summed E-state index contributed by atoms with van der Waals surface area (Å²) in [6.45, 7) is 2.16. The Morgan fingerprint density at radius 3 is 2.71 bits per heavy atom. The van der Waals surface area contributed by atoms with Gasteiger partial charge >= 0.3 is 0 Å². The largest absolute Gasteiger partial charge is 0.299 e. The third kappa shape index (κ3) is 3.29. The number of hydrogen-bond acceptors (Lipinski definition) is 1. The van der Waals surface area contributed by atoms with E-state index in [0.29, 0.717) is 11.7 Å². The molecular formula is C16H20O. The van der Waals surface area contributed by atoms with Crippen molar-refractivity contribution in [2.75, 3.05) is 0 Å². The molecule has 0 radical (unpaired) electrons. The van der Waals surface area contributed by atoms with Crippen LogP contribution in [0.5, 0.6) is 0 Å². The van der Waals surface area contributed by atoms with E-state index >= 15 is 0 Å². The van der Waals surface area contributed by atoms with Crippen LogP contribution in [0, 0.1) is 11.8 Å². The van der Waals surface area contributed by atoms with E-state index in [1.165, 1.54) is 12.0 Å². The van der Waals surface area contributed by atoms with E-state index in [1.807, 2.05) is 18.2 Å². The molecule has 0 saturated heterocycles. The number of hydrogen-bond donors (Lipinski definition) is 0. The number of Topliss-reactive ketones (excluding diaryl/α,β-unsaturated/α-hetero) is 1. The highest BCUT2D eigenvalue weighted by atomic mass is 16.1. The van der Waals surface area contributed by atoms with Crippen molar-refractivity contribution in [3.63, 3.8) is 0 Å². The van der Waals surface area contributed by atoms with Crippen LogP contribution >= 0.6 is 0 Å². The molecule has 0 N–H and O–H groups in total. The zero-order valence-corrected chi connectivity index (χ0v) is 10.4. The Hall–Kier alpha value is -1.37. The molecule has 0 unspecified atom stereocenters. The van der Waals surface area contributed by atoms with E-state index in [0.717, 1.165) is 19.3 Å². The molecule has 0 spiro atoms. The summed E-state index contributed by atoms with van der Waals surface area (Å²) in [6, 6.07) is 10.3. The van der Waals surface area contributed by atoms with Crippen molar-refractivity contribution in [1.29, 1.82) is 0 Å². The highest BCUT2D eigenvalue weighted by Crippen LogP contribution is 2.28. The minimum Gasteiger partial charge on any atom is -0.299 e. The summed E-state index contributed by atoms with van der Waals surface area (Å²) in [5.74, 6) is 1.08. The van der Waals surface area contributed by atoms with Gasteiger partial charge in [0, 0.05) is 12.3 Å². The van der Waals surface area contributed by atoms with Gasteiger partial charge in [-0.1, -0.05) is 55.8 Å². The summed E-state index contributed by atoms with van der Waals surface area (Å²) in [5, 5.41) is 0. The van der Waals surface area contributed by atoms with Crippen molar-refractivity contribution in [2.45, 2.75) is 32.6 Å². The van der Waals surface area contributed by atoms with Crippen LogP contribution in [-0.4, -0.2) is 5.78 Å². The van der Waals surface area contributed by atoms with E-state index in [9.17, 15) is 4.79 Å². The van der Waals surface area contributed by atoms with E-state index < -0.39 is 0 Å². The lowest BCUT2D eigenvalue weighted by atomic mass is 9.79. The maximum atomic E-state index is 11.8. The molecule has 2 rings (SSSR count). The number of allylic oxidation sites excluding steroid dienone is 1. The summed E-state index contributed by atoms with van der Waals surface area (Å²) in [7, 11) is 0. The van der Waals surface area contributed by atoms with Crippen molar-refractivity contribution < 1.29 is 4.79 Å². The van der Waals surface area contributed by atoms with Crippen molar-refractivity contribution in [3.8, 4) is 0 Å². The van der Waals surface area contributed by atoms with Gasteiger partial charge in [0.15, 0.2) is 0 Å². The average molecular weight is 228 g/mol. The van der Waals surface area contributed by atoms with Gasteiger partial charge in [-0.15, -0.1) is 0 Å². The van der Waals surface area contributed by atoms with Crippen LogP contribution in [0.2, 0.25) is 0 Å². The SMILES string of the molecule is C[C@@H](/C=C/c1ccccc1)[C@H]1CCCCC1=O. The summed E-state index contributed by atoms with van der Waals surface area (Å²) in [6.07, 6.45) is 8.47. The second-order valence-electron chi connectivity index (χ2n) is 4.95. The number of carbonyl (C=O) groups is 1. The van der Waals surface area contributed by atoms with Crippen molar-refractivity contribution in [1.82, 2.24) is 0 Å². The first kappa shape index (κ1) is 12.1. The Labute approximate surface area is 104 Å². The first-order chi connectivity index (χ1) is 8.27. The molecule has 90 valence electrons.